The molecule has 1 saturated heterocycles. The van der Waals surface area contributed by atoms with Gasteiger partial charge in [-0.05, 0) is 66.1 Å². The minimum absolute atomic E-state index is 0.155. The molecule has 0 aliphatic carbocycles. The molecule has 2 heterocycles. The SMILES string of the molecule is CCCCOc1ccc(C2/C(=C(/O)c3ccc(F)cc3)C(=O)C(=O)N2c2nnc(SCc3ccc(Cl)cc3Cl)s2)cc1OC. The average Bonchev–Trinajstić information content (AvgIpc) is 3.58. The average molecular weight is 675 g/mol. The smallest absolute Gasteiger partial charge is 0.301 e. The number of ketones is 1. The summed E-state index contributed by atoms with van der Waals surface area (Å²) in [5.41, 5.74) is 1.30. The van der Waals surface area contributed by atoms with Crippen LogP contribution in [-0.2, 0) is 15.3 Å². The summed E-state index contributed by atoms with van der Waals surface area (Å²) >= 11 is 14.8. The molecule has 1 N–H and O–H groups in total. The number of halogens is 3. The van der Waals surface area contributed by atoms with Crippen molar-refractivity contribution < 1.29 is 28.6 Å². The highest BCUT2D eigenvalue weighted by Crippen LogP contribution is 2.45. The van der Waals surface area contributed by atoms with E-state index in [9.17, 15) is 19.1 Å². The molecule has 1 aliphatic rings. The van der Waals surface area contributed by atoms with Crippen LogP contribution in [0.4, 0.5) is 9.52 Å². The Morgan fingerprint density at radius 2 is 1.84 bits per heavy atom. The number of Topliss-reactive ketones (excluding diaryl/α,β-unsaturated/α-hetero) is 1. The van der Waals surface area contributed by atoms with E-state index < -0.39 is 29.3 Å². The molecule has 1 unspecified atom stereocenters. The number of nitrogens with zero attached hydrogens (tertiary/aromatic N) is 3. The van der Waals surface area contributed by atoms with Crippen LogP contribution < -0.4 is 14.4 Å². The van der Waals surface area contributed by atoms with Gasteiger partial charge in [0.15, 0.2) is 15.8 Å². The number of amides is 1. The van der Waals surface area contributed by atoms with Gasteiger partial charge in [0.2, 0.25) is 5.13 Å². The summed E-state index contributed by atoms with van der Waals surface area (Å²) in [6.45, 7) is 2.54. The summed E-state index contributed by atoms with van der Waals surface area (Å²) < 4.78 is 25.6. The van der Waals surface area contributed by atoms with Gasteiger partial charge in [-0.15, -0.1) is 10.2 Å². The van der Waals surface area contributed by atoms with E-state index in [-0.39, 0.29) is 16.3 Å². The zero-order valence-electron chi connectivity index (χ0n) is 23.6. The second-order valence-electron chi connectivity index (χ2n) is 9.66. The summed E-state index contributed by atoms with van der Waals surface area (Å²) in [6, 6.07) is 14.2. The molecule has 4 aromatic rings. The lowest BCUT2D eigenvalue weighted by atomic mass is 9.95. The molecule has 1 atom stereocenters. The lowest BCUT2D eigenvalue weighted by Gasteiger charge is -2.23. The molecule has 1 fully saturated rings. The fraction of sp³-hybridized carbons (Fsp3) is 0.226. The molecule has 8 nitrogen and oxygen atoms in total. The van der Waals surface area contributed by atoms with Crippen LogP contribution in [0.1, 0.15) is 42.5 Å². The summed E-state index contributed by atoms with van der Waals surface area (Å²) in [7, 11) is 1.49. The van der Waals surface area contributed by atoms with Crippen molar-refractivity contribution in [3.05, 3.63) is 98.8 Å². The standard InChI is InChI=1S/C31H26Cl2FN3O5S2/c1-3-4-13-42-23-12-8-18(14-24(23)41-2)26-25(27(38)17-6-10-21(34)11-7-17)28(39)29(40)37(26)30-35-36-31(44-30)43-16-19-5-9-20(32)15-22(19)33/h5-12,14-15,26,38H,3-4,13,16H2,1-2H3/b27-25-. The number of methoxy groups -OCH3 is 1. The van der Waals surface area contributed by atoms with Gasteiger partial charge < -0.3 is 14.6 Å². The van der Waals surface area contributed by atoms with Crippen LogP contribution >= 0.6 is 46.3 Å². The maximum Gasteiger partial charge on any atom is 0.301 e. The van der Waals surface area contributed by atoms with Gasteiger partial charge in [-0.2, -0.15) is 0 Å². The predicted octanol–water partition coefficient (Wildman–Crippen LogP) is 8.09. The number of anilines is 1. The normalized spacial score (nSPS) is 16.0. The Morgan fingerprint density at radius 1 is 1.07 bits per heavy atom. The van der Waals surface area contributed by atoms with Crippen LogP contribution in [0.15, 0.2) is 70.6 Å². The van der Waals surface area contributed by atoms with E-state index >= 15 is 0 Å². The molecule has 228 valence electrons. The third-order valence-electron chi connectivity index (χ3n) is 6.79. The number of hydrogen-bond donors (Lipinski definition) is 1. The van der Waals surface area contributed by atoms with E-state index in [1.54, 1.807) is 30.3 Å². The van der Waals surface area contributed by atoms with Gasteiger partial charge in [-0.1, -0.05) is 71.8 Å². The second kappa shape index (κ2) is 14.0. The van der Waals surface area contributed by atoms with Gasteiger partial charge in [0.25, 0.3) is 5.78 Å². The Bertz CT molecular complexity index is 1730. The molecule has 5 rings (SSSR count). The maximum absolute atomic E-state index is 13.7. The van der Waals surface area contributed by atoms with E-state index in [0.29, 0.717) is 43.8 Å². The number of thioether (sulfide) groups is 1. The predicted molar refractivity (Wildman–Crippen MR) is 171 cm³/mol. The number of hydrogen-bond acceptors (Lipinski definition) is 9. The molecule has 0 saturated carbocycles. The number of aliphatic hydroxyl groups is 1. The van der Waals surface area contributed by atoms with Crippen LogP contribution in [0.5, 0.6) is 11.5 Å². The van der Waals surface area contributed by atoms with Gasteiger partial charge in [0, 0.05) is 21.4 Å². The van der Waals surface area contributed by atoms with E-state index in [1.807, 2.05) is 6.07 Å². The zero-order chi connectivity index (χ0) is 31.4. The quantitative estimate of drug-likeness (QED) is 0.0426. The number of carbonyl (C=O) groups is 2. The van der Waals surface area contributed by atoms with Gasteiger partial charge in [0.1, 0.15) is 11.6 Å². The molecule has 13 heteroatoms. The zero-order valence-corrected chi connectivity index (χ0v) is 26.7. The topological polar surface area (TPSA) is 102 Å². The first-order valence-electron chi connectivity index (χ1n) is 13.5. The van der Waals surface area contributed by atoms with Crippen LogP contribution in [0.2, 0.25) is 10.0 Å². The lowest BCUT2D eigenvalue weighted by Crippen LogP contribution is -2.29. The summed E-state index contributed by atoms with van der Waals surface area (Å²) in [5.74, 6) is -1.43. The van der Waals surface area contributed by atoms with Crippen molar-refractivity contribution in [3.8, 4) is 11.5 Å². The third-order valence-corrected chi connectivity index (χ3v) is 9.48. The number of carbonyl (C=O) groups excluding carboxylic acids is 2. The van der Waals surface area contributed by atoms with Crippen LogP contribution in [-0.4, -0.2) is 40.7 Å². The lowest BCUT2D eigenvalue weighted by molar-refractivity contribution is -0.132. The fourth-order valence-electron chi connectivity index (χ4n) is 4.54. The molecule has 1 amide bonds. The Morgan fingerprint density at radius 3 is 2.55 bits per heavy atom. The number of benzene rings is 3. The minimum Gasteiger partial charge on any atom is -0.507 e. The number of aliphatic hydroxyl groups excluding tert-OH is 1. The van der Waals surface area contributed by atoms with Crippen molar-refractivity contribution in [2.24, 2.45) is 0 Å². The summed E-state index contributed by atoms with van der Waals surface area (Å²) in [4.78, 5) is 28.3. The molecular formula is C31H26Cl2FN3O5S2. The number of ether oxygens (including phenoxy) is 2. The number of unbranched alkanes of at least 4 members (excludes halogenated alkanes) is 1. The molecule has 44 heavy (non-hydrogen) atoms. The Balaban J connectivity index is 1.55. The van der Waals surface area contributed by atoms with Crippen LogP contribution in [0.3, 0.4) is 0 Å². The van der Waals surface area contributed by atoms with Gasteiger partial charge >= 0.3 is 5.91 Å². The van der Waals surface area contributed by atoms with Gasteiger partial charge in [-0.3, -0.25) is 14.5 Å². The Labute approximate surface area is 271 Å². The number of rotatable bonds is 11. The Hall–Kier alpha value is -3.64. The Kier molecular flexibility index (Phi) is 10.1. The fourth-order valence-corrected chi connectivity index (χ4v) is 6.97. The molecule has 0 bridgehead atoms. The van der Waals surface area contributed by atoms with Crippen LogP contribution in [0.25, 0.3) is 5.76 Å². The first-order chi connectivity index (χ1) is 21.2. The highest BCUT2D eigenvalue weighted by molar-refractivity contribution is 8.00. The van der Waals surface area contributed by atoms with Gasteiger partial charge in [-0.25, -0.2) is 4.39 Å². The monoisotopic (exact) mass is 673 g/mol. The first-order valence-corrected chi connectivity index (χ1v) is 16.1. The largest absolute Gasteiger partial charge is 0.507 e. The number of aromatic nitrogens is 2. The van der Waals surface area contributed by atoms with Crippen molar-refractivity contribution in [2.45, 2.75) is 35.9 Å². The van der Waals surface area contributed by atoms with Crippen molar-refractivity contribution in [3.63, 3.8) is 0 Å². The second-order valence-corrected chi connectivity index (χ2v) is 12.7. The van der Waals surface area contributed by atoms with Crippen LogP contribution in [0, 0.1) is 5.82 Å². The molecule has 0 radical (unpaired) electrons. The first kappa shape index (κ1) is 31.8. The highest BCUT2D eigenvalue weighted by atomic mass is 35.5. The van der Waals surface area contributed by atoms with Crippen molar-refractivity contribution in [2.75, 3.05) is 18.6 Å². The van der Waals surface area contributed by atoms with Crippen molar-refractivity contribution in [1.82, 2.24) is 10.2 Å². The van der Waals surface area contributed by atoms with E-state index in [2.05, 4.69) is 17.1 Å². The van der Waals surface area contributed by atoms with Crippen molar-refractivity contribution in [1.29, 1.82) is 0 Å². The molecular weight excluding hydrogens is 648 g/mol. The van der Waals surface area contributed by atoms with E-state index in [0.717, 1.165) is 41.9 Å². The third kappa shape index (κ3) is 6.71. The molecule has 0 spiro atoms. The highest BCUT2D eigenvalue weighted by Gasteiger charge is 2.48. The maximum atomic E-state index is 13.7. The minimum atomic E-state index is -1.09. The molecule has 1 aliphatic heterocycles. The van der Waals surface area contributed by atoms with Crippen molar-refractivity contribution >= 4 is 68.9 Å². The van der Waals surface area contributed by atoms with Gasteiger partial charge in [0.05, 0.1) is 25.3 Å². The molecule has 3 aromatic carbocycles. The van der Waals surface area contributed by atoms with E-state index in [1.165, 1.54) is 35.9 Å². The van der Waals surface area contributed by atoms with E-state index in [4.69, 9.17) is 32.7 Å². The summed E-state index contributed by atoms with van der Waals surface area (Å²) in [6.07, 6.45) is 1.80. The molecule has 1 aromatic heterocycles. The summed E-state index contributed by atoms with van der Waals surface area (Å²) in [5, 5.41) is 21.0.